The second-order valence-corrected chi connectivity index (χ2v) is 5.90. The monoisotopic (exact) mass is 393 g/mol. The van der Waals surface area contributed by atoms with Crippen LogP contribution in [0, 0.1) is 10.1 Å². The molecule has 0 bridgehead atoms. The van der Waals surface area contributed by atoms with Crippen LogP contribution in [0.25, 0.3) is 0 Å². The Morgan fingerprint density at radius 2 is 1.81 bits per heavy atom. The van der Waals surface area contributed by atoms with Crippen molar-refractivity contribution < 1.29 is 24.0 Å². The van der Waals surface area contributed by atoms with Crippen molar-refractivity contribution in [2.45, 2.75) is 26.8 Å². The zero-order chi connectivity index (χ0) is 20.1. The molecule has 1 unspecified atom stereocenters. The molecule has 1 aliphatic heterocycles. The number of nitrogens with zero attached hydrogens (tertiary/aromatic N) is 2. The van der Waals surface area contributed by atoms with Gasteiger partial charge in [-0.25, -0.2) is 14.5 Å². The first-order chi connectivity index (χ1) is 12.8. The number of nitrogens with one attached hydrogen (secondary N) is 1. The van der Waals surface area contributed by atoms with Crippen molar-refractivity contribution >= 4 is 35.1 Å². The molecule has 0 radical (unpaired) electrons. The molecule has 0 aromatic heterocycles. The Bertz CT molecular complexity index is 805. The zero-order valence-electron chi connectivity index (χ0n) is 15.1. The molecular formula is C17H19N3O6S. The summed E-state index contributed by atoms with van der Waals surface area (Å²) in [5.41, 5.74) is 0.950. The van der Waals surface area contributed by atoms with Gasteiger partial charge < -0.3 is 14.8 Å². The van der Waals surface area contributed by atoms with Crippen LogP contribution in [-0.4, -0.2) is 40.2 Å². The predicted molar refractivity (Wildman–Crippen MR) is 99.8 cm³/mol. The normalized spacial score (nSPS) is 16.6. The minimum Gasteiger partial charge on any atom is -0.463 e. The Morgan fingerprint density at radius 1 is 1.22 bits per heavy atom. The van der Waals surface area contributed by atoms with E-state index in [4.69, 9.17) is 21.7 Å². The molecule has 9 nitrogen and oxygen atoms in total. The zero-order valence-corrected chi connectivity index (χ0v) is 15.9. The van der Waals surface area contributed by atoms with Crippen LogP contribution in [0.4, 0.5) is 10.5 Å². The SMILES string of the molecule is CCOC(=O)C1=C(C)NC(=S)N(C(=O)OCC)C1c1ccc([N+](=O)[O-])cc1. The Morgan fingerprint density at radius 3 is 2.33 bits per heavy atom. The third-order valence-corrected chi connectivity index (χ3v) is 4.13. The number of nitro benzene ring substituents is 1. The number of hydrogen-bond acceptors (Lipinski definition) is 7. The summed E-state index contributed by atoms with van der Waals surface area (Å²) in [6.07, 6.45) is -0.743. The van der Waals surface area contributed by atoms with Gasteiger partial charge in [-0.2, -0.15) is 0 Å². The lowest BCUT2D eigenvalue weighted by molar-refractivity contribution is -0.384. The highest BCUT2D eigenvalue weighted by molar-refractivity contribution is 7.80. The molecule has 1 N–H and O–H groups in total. The molecule has 0 saturated heterocycles. The van der Waals surface area contributed by atoms with Gasteiger partial charge >= 0.3 is 12.1 Å². The number of thiocarbonyl (C=S) groups is 1. The maximum absolute atomic E-state index is 12.5. The minimum atomic E-state index is -0.933. The molecule has 0 saturated carbocycles. The Kier molecular flexibility index (Phi) is 6.45. The third-order valence-electron chi connectivity index (χ3n) is 3.83. The first-order valence-electron chi connectivity index (χ1n) is 8.21. The summed E-state index contributed by atoms with van der Waals surface area (Å²) >= 11 is 5.26. The molecule has 1 aromatic rings. The van der Waals surface area contributed by atoms with Gasteiger partial charge in [0, 0.05) is 17.8 Å². The van der Waals surface area contributed by atoms with Gasteiger partial charge in [-0.15, -0.1) is 0 Å². The van der Waals surface area contributed by atoms with Crippen LogP contribution in [0.2, 0.25) is 0 Å². The summed E-state index contributed by atoms with van der Waals surface area (Å²) in [6.45, 7) is 5.21. The number of ether oxygens (including phenoxy) is 2. The number of carbonyl (C=O) groups is 2. The molecule has 1 heterocycles. The van der Waals surface area contributed by atoms with Crippen molar-refractivity contribution in [2.24, 2.45) is 0 Å². The number of nitro groups is 1. The largest absolute Gasteiger partial charge is 0.463 e. The fraction of sp³-hybridized carbons (Fsp3) is 0.353. The molecular weight excluding hydrogens is 374 g/mol. The molecule has 1 aliphatic rings. The Hall–Kier alpha value is -3.01. The molecule has 10 heteroatoms. The lowest BCUT2D eigenvalue weighted by Crippen LogP contribution is -2.51. The van der Waals surface area contributed by atoms with Crippen molar-refractivity contribution in [2.75, 3.05) is 13.2 Å². The first-order valence-corrected chi connectivity index (χ1v) is 8.61. The fourth-order valence-electron chi connectivity index (χ4n) is 2.69. The number of rotatable bonds is 5. The predicted octanol–water partition coefficient (Wildman–Crippen LogP) is 2.82. The summed E-state index contributed by atoms with van der Waals surface area (Å²) in [4.78, 5) is 36.5. The van der Waals surface area contributed by atoms with Crippen LogP contribution >= 0.6 is 12.2 Å². The number of non-ortho nitro benzene ring substituents is 1. The molecule has 0 fully saturated rings. The summed E-state index contributed by atoms with van der Waals surface area (Å²) in [5, 5.41) is 13.8. The van der Waals surface area contributed by atoms with E-state index < -0.39 is 23.0 Å². The van der Waals surface area contributed by atoms with Crippen LogP contribution in [-0.2, 0) is 14.3 Å². The van der Waals surface area contributed by atoms with Crippen molar-refractivity contribution in [1.82, 2.24) is 10.2 Å². The average molecular weight is 393 g/mol. The number of carbonyl (C=O) groups excluding carboxylic acids is 2. The van der Waals surface area contributed by atoms with Crippen LogP contribution in [0.15, 0.2) is 35.5 Å². The van der Waals surface area contributed by atoms with Gasteiger partial charge in [-0.3, -0.25) is 10.1 Å². The highest BCUT2D eigenvalue weighted by Gasteiger charge is 2.41. The quantitative estimate of drug-likeness (QED) is 0.352. The maximum Gasteiger partial charge on any atom is 0.416 e. The van der Waals surface area contributed by atoms with E-state index in [0.29, 0.717) is 11.3 Å². The van der Waals surface area contributed by atoms with E-state index >= 15 is 0 Å². The van der Waals surface area contributed by atoms with E-state index in [1.54, 1.807) is 20.8 Å². The first kappa shape index (κ1) is 20.3. The van der Waals surface area contributed by atoms with Gasteiger partial charge in [-0.1, -0.05) is 0 Å². The highest BCUT2D eigenvalue weighted by atomic mass is 32.1. The molecule has 144 valence electrons. The van der Waals surface area contributed by atoms with Gasteiger partial charge in [0.15, 0.2) is 5.11 Å². The number of allylic oxidation sites excluding steroid dienone is 1. The van der Waals surface area contributed by atoms with E-state index in [0.717, 1.165) is 4.90 Å². The number of hydrogen-bond donors (Lipinski definition) is 1. The van der Waals surface area contributed by atoms with E-state index in [2.05, 4.69) is 5.32 Å². The number of amides is 1. The van der Waals surface area contributed by atoms with Gasteiger partial charge in [0.05, 0.1) is 23.7 Å². The lowest BCUT2D eigenvalue weighted by atomic mass is 9.94. The average Bonchev–Trinajstić information content (AvgIpc) is 2.61. The number of benzene rings is 1. The minimum absolute atomic E-state index is 0.0577. The molecule has 27 heavy (non-hydrogen) atoms. The summed E-state index contributed by atoms with van der Waals surface area (Å²) in [7, 11) is 0. The summed E-state index contributed by atoms with van der Waals surface area (Å²) in [5.74, 6) is -0.623. The standard InChI is InChI=1S/C17H19N3O6S/c1-4-25-15(21)13-10(3)18-16(27)19(17(22)26-5-2)14(13)11-6-8-12(9-7-11)20(23)24/h6-9,14H,4-5H2,1-3H3,(H,18,27). The molecule has 0 aliphatic carbocycles. The van der Waals surface area contributed by atoms with Crippen LogP contribution in [0.5, 0.6) is 0 Å². The highest BCUT2D eigenvalue weighted by Crippen LogP contribution is 2.35. The third kappa shape index (κ3) is 4.22. The Balaban J connectivity index is 2.60. The second kappa shape index (κ2) is 8.58. The molecule has 1 atom stereocenters. The molecule has 0 spiro atoms. The topological polar surface area (TPSA) is 111 Å². The Labute approximate surface area is 161 Å². The van der Waals surface area contributed by atoms with Gasteiger partial charge in [0.2, 0.25) is 0 Å². The van der Waals surface area contributed by atoms with Crippen molar-refractivity contribution in [3.05, 3.63) is 51.2 Å². The number of esters is 1. The van der Waals surface area contributed by atoms with Gasteiger partial charge in [-0.05, 0) is 50.7 Å². The van der Waals surface area contributed by atoms with Gasteiger partial charge in [0.1, 0.15) is 6.04 Å². The summed E-state index contributed by atoms with van der Waals surface area (Å²) in [6, 6.07) is 4.59. The van der Waals surface area contributed by atoms with E-state index in [1.165, 1.54) is 24.3 Å². The second-order valence-electron chi connectivity index (χ2n) is 5.51. The fourth-order valence-corrected chi connectivity index (χ4v) is 3.02. The van der Waals surface area contributed by atoms with Crippen LogP contribution < -0.4 is 5.32 Å². The van der Waals surface area contributed by atoms with E-state index in [-0.39, 0.29) is 29.6 Å². The van der Waals surface area contributed by atoms with E-state index in [9.17, 15) is 19.7 Å². The van der Waals surface area contributed by atoms with Crippen molar-refractivity contribution in [1.29, 1.82) is 0 Å². The molecule has 1 amide bonds. The van der Waals surface area contributed by atoms with E-state index in [1.807, 2.05) is 0 Å². The lowest BCUT2D eigenvalue weighted by Gasteiger charge is -2.37. The van der Waals surface area contributed by atoms with Crippen molar-refractivity contribution in [3.63, 3.8) is 0 Å². The van der Waals surface area contributed by atoms with Crippen LogP contribution in [0.1, 0.15) is 32.4 Å². The maximum atomic E-state index is 12.5. The molecule has 1 aromatic carbocycles. The van der Waals surface area contributed by atoms with Crippen LogP contribution in [0.3, 0.4) is 0 Å². The van der Waals surface area contributed by atoms with Crippen molar-refractivity contribution in [3.8, 4) is 0 Å². The van der Waals surface area contributed by atoms with Gasteiger partial charge in [0.25, 0.3) is 5.69 Å². The smallest absolute Gasteiger partial charge is 0.416 e. The molecule has 2 rings (SSSR count). The summed E-state index contributed by atoms with van der Waals surface area (Å²) < 4.78 is 10.2.